The zero-order valence-corrected chi connectivity index (χ0v) is 13.8. The Balaban J connectivity index is 1.74. The van der Waals surface area contributed by atoms with Crippen molar-refractivity contribution in [1.29, 1.82) is 0 Å². The topological polar surface area (TPSA) is 53.6 Å². The number of carbonyl (C=O) groups is 1. The first-order valence-corrected chi connectivity index (χ1v) is 8.02. The van der Waals surface area contributed by atoms with E-state index in [1.54, 1.807) is 7.11 Å². The third kappa shape index (κ3) is 4.63. The van der Waals surface area contributed by atoms with Crippen molar-refractivity contribution in [2.24, 2.45) is 5.92 Å². The molecule has 5 nitrogen and oxygen atoms in total. The van der Waals surface area contributed by atoms with Gasteiger partial charge in [0, 0.05) is 12.6 Å². The van der Waals surface area contributed by atoms with E-state index in [1.807, 2.05) is 24.3 Å². The van der Waals surface area contributed by atoms with Gasteiger partial charge in [0.05, 0.1) is 12.8 Å². The number of piperidine rings is 1. The van der Waals surface area contributed by atoms with Crippen LogP contribution in [0.4, 0.5) is 10.5 Å². The number of rotatable bonds is 5. The number of amides is 2. The molecular weight excluding hydrogens is 278 g/mol. The lowest BCUT2D eigenvalue weighted by molar-refractivity contribution is 0.149. The van der Waals surface area contributed by atoms with Gasteiger partial charge in [-0.15, -0.1) is 0 Å². The SMILES string of the molecule is COc1ccccc1NC(=O)NCC1CCN(C(C)C)CC1. The molecule has 2 N–H and O–H groups in total. The maximum atomic E-state index is 12.0. The summed E-state index contributed by atoms with van der Waals surface area (Å²) in [6, 6.07) is 7.86. The lowest BCUT2D eigenvalue weighted by Crippen LogP contribution is -2.42. The fourth-order valence-electron chi connectivity index (χ4n) is 2.82. The van der Waals surface area contributed by atoms with E-state index >= 15 is 0 Å². The number of hydrogen-bond acceptors (Lipinski definition) is 3. The first-order valence-electron chi connectivity index (χ1n) is 8.02. The Labute approximate surface area is 133 Å². The smallest absolute Gasteiger partial charge is 0.319 e. The molecule has 0 aliphatic carbocycles. The average Bonchev–Trinajstić information content (AvgIpc) is 2.54. The molecular formula is C17H27N3O2. The monoisotopic (exact) mass is 305 g/mol. The van der Waals surface area contributed by atoms with Crippen LogP contribution >= 0.6 is 0 Å². The maximum Gasteiger partial charge on any atom is 0.319 e. The Morgan fingerprint density at radius 1 is 1.32 bits per heavy atom. The fraction of sp³-hybridized carbons (Fsp3) is 0.588. The van der Waals surface area contributed by atoms with Crippen LogP contribution < -0.4 is 15.4 Å². The van der Waals surface area contributed by atoms with Crippen LogP contribution in [0.15, 0.2) is 24.3 Å². The number of para-hydroxylation sites is 2. The minimum Gasteiger partial charge on any atom is -0.495 e. The molecule has 0 spiro atoms. The molecule has 22 heavy (non-hydrogen) atoms. The number of nitrogens with one attached hydrogen (secondary N) is 2. The molecule has 0 bridgehead atoms. The number of nitrogens with zero attached hydrogens (tertiary/aromatic N) is 1. The van der Waals surface area contributed by atoms with E-state index in [9.17, 15) is 4.79 Å². The van der Waals surface area contributed by atoms with Crippen LogP contribution in [0.25, 0.3) is 0 Å². The number of benzene rings is 1. The summed E-state index contributed by atoms with van der Waals surface area (Å²) in [7, 11) is 1.60. The van der Waals surface area contributed by atoms with E-state index in [2.05, 4.69) is 29.4 Å². The van der Waals surface area contributed by atoms with Crippen LogP contribution in [0, 0.1) is 5.92 Å². The van der Waals surface area contributed by atoms with Crippen LogP contribution in [0.1, 0.15) is 26.7 Å². The third-order valence-corrected chi connectivity index (χ3v) is 4.29. The molecule has 0 saturated carbocycles. The van der Waals surface area contributed by atoms with Crippen LogP contribution in [-0.2, 0) is 0 Å². The highest BCUT2D eigenvalue weighted by Crippen LogP contribution is 2.23. The molecule has 2 amide bonds. The summed E-state index contributed by atoms with van der Waals surface area (Å²) in [5.41, 5.74) is 0.692. The Hall–Kier alpha value is -1.75. The van der Waals surface area contributed by atoms with Crippen molar-refractivity contribution >= 4 is 11.7 Å². The van der Waals surface area contributed by atoms with E-state index in [4.69, 9.17) is 4.74 Å². The molecule has 1 aliphatic heterocycles. The first-order chi connectivity index (χ1) is 10.6. The average molecular weight is 305 g/mol. The Morgan fingerprint density at radius 3 is 2.64 bits per heavy atom. The molecule has 1 aromatic carbocycles. The number of hydrogen-bond donors (Lipinski definition) is 2. The summed E-state index contributed by atoms with van der Waals surface area (Å²) in [5, 5.41) is 5.81. The first kappa shape index (κ1) is 16.6. The number of ether oxygens (including phenoxy) is 1. The summed E-state index contributed by atoms with van der Waals surface area (Å²) in [6.07, 6.45) is 2.29. The summed E-state index contributed by atoms with van der Waals surface area (Å²) in [6.45, 7) is 7.45. The molecule has 0 atom stereocenters. The van der Waals surface area contributed by atoms with Gasteiger partial charge in [-0.1, -0.05) is 12.1 Å². The molecule has 5 heteroatoms. The highest BCUT2D eigenvalue weighted by Gasteiger charge is 2.21. The van der Waals surface area contributed by atoms with E-state index in [1.165, 1.54) is 0 Å². The van der Waals surface area contributed by atoms with Gasteiger partial charge in [0.2, 0.25) is 0 Å². The Bertz CT molecular complexity index is 483. The summed E-state index contributed by atoms with van der Waals surface area (Å²) < 4.78 is 5.23. The molecule has 1 saturated heterocycles. The second-order valence-electron chi connectivity index (χ2n) is 6.11. The van der Waals surface area contributed by atoms with Gasteiger partial charge in [-0.2, -0.15) is 0 Å². The van der Waals surface area contributed by atoms with Crippen molar-refractivity contribution in [1.82, 2.24) is 10.2 Å². The van der Waals surface area contributed by atoms with Crippen molar-refractivity contribution in [3.05, 3.63) is 24.3 Å². The van der Waals surface area contributed by atoms with E-state index in [0.29, 0.717) is 23.4 Å². The van der Waals surface area contributed by atoms with Crippen molar-refractivity contribution < 1.29 is 9.53 Å². The summed E-state index contributed by atoms with van der Waals surface area (Å²) >= 11 is 0. The quantitative estimate of drug-likeness (QED) is 0.879. The minimum atomic E-state index is -0.171. The van der Waals surface area contributed by atoms with Crippen molar-refractivity contribution in [3.63, 3.8) is 0 Å². The zero-order valence-electron chi connectivity index (χ0n) is 13.8. The zero-order chi connectivity index (χ0) is 15.9. The maximum absolute atomic E-state index is 12.0. The molecule has 0 aromatic heterocycles. The van der Waals surface area contributed by atoms with Crippen LogP contribution in [0.2, 0.25) is 0 Å². The number of urea groups is 1. The predicted molar refractivity (Wildman–Crippen MR) is 89.4 cm³/mol. The van der Waals surface area contributed by atoms with Gasteiger partial charge < -0.3 is 20.3 Å². The normalized spacial score (nSPS) is 16.5. The highest BCUT2D eigenvalue weighted by atomic mass is 16.5. The van der Waals surface area contributed by atoms with Gasteiger partial charge in [0.25, 0.3) is 0 Å². The van der Waals surface area contributed by atoms with Crippen LogP contribution in [0.5, 0.6) is 5.75 Å². The molecule has 0 unspecified atom stereocenters. The summed E-state index contributed by atoms with van der Waals surface area (Å²) in [5.74, 6) is 1.24. The van der Waals surface area contributed by atoms with Gasteiger partial charge in [-0.25, -0.2) is 4.79 Å². The third-order valence-electron chi connectivity index (χ3n) is 4.29. The van der Waals surface area contributed by atoms with E-state index in [-0.39, 0.29) is 6.03 Å². The number of likely N-dealkylation sites (tertiary alicyclic amines) is 1. The number of methoxy groups -OCH3 is 1. The number of anilines is 1. The Morgan fingerprint density at radius 2 is 2.00 bits per heavy atom. The second kappa shape index (κ2) is 8.03. The predicted octanol–water partition coefficient (Wildman–Crippen LogP) is 2.94. The molecule has 0 radical (unpaired) electrons. The lowest BCUT2D eigenvalue weighted by atomic mass is 9.96. The highest BCUT2D eigenvalue weighted by molar-refractivity contribution is 5.90. The van der Waals surface area contributed by atoms with E-state index < -0.39 is 0 Å². The molecule has 1 aliphatic rings. The second-order valence-corrected chi connectivity index (χ2v) is 6.11. The minimum absolute atomic E-state index is 0.171. The van der Waals surface area contributed by atoms with Crippen molar-refractivity contribution in [2.75, 3.05) is 32.1 Å². The van der Waals surface area contributed by atoms with Gasteiger partial charge in [0.1, 0.15) is 5.75 Å². The largest absolute Gasteiger partial charge is 0.495 e. The van der Waals surface area contributed by atoms with Crippen LogP contribution in [0.3, 0.4) is 0 Å². The Kier molecular flexibility index (Phi) is 6.07. The standard InChI is InChI=1S/C17H27N3O2/c1-13(2)20-10-8-14(9-11-20)12-18-17(21)19-15-6-4-5-7-16(15)22-3/h4-7,13-14H,8-12H2,1-3H3,(H2,18,19,21). The van der Waals surface area contributed by atoms with Gasteiger partial charge >= 0.3 is 6.03 Å². The summed E-state index contributed by atoms with van der Waals surface area (Å²) in [4.78, 5) is 14.5. The van der Waals surface area contributed by atoms with E-state index in [0.717, 1.165) is 32.5 Å². The molecule has 1 aromatic rings. The molecule has 2 rings (SSSR count). The number of carbonyl (C=O) groups excluding carboxylic acids is 1. The van der Waals surface area contributed by atoms with Crippen molar-refractivity contribution in [2.45, 2.75) is 32.7 Å². The molecule has 1 fully saturated rings. The van der Waals surface area contributed by atoms with Gasteiger partial charge in [-0.3, -0.25) is 0 Å². The van der Waals surface area contributed by atoms with Gasteiger partial charge in [-0.05, 0) is 57.8 Å². The van der Waals surface area contributed by atoms with Crippen LogP contribution in [-0.4, -0.2) is 43.7 Å². The molecule has 1 heterocycles. The van der Waals surface area contributed by atoms with Gasteiger partial charge in [0.15, 0.2) is 0 Å². The molecule has 122 valence electrons. The lowest BCUT2D eigenvalue weighted by Gasteiger charge is -2.34. The fourth-order valence-corrected chi connectivity index (χ4v) is 2.82. The van der Waals surface area contributed by atoms with Crippen molar-refractivity contribution in [3.8, 4) is 5.75 Å².